The lowest BCUT2D eigenvalue weighted by Gasteiger charge is -2.31. The van der Waals surface area contributed by atoms with Crippen molar-refractivity contribution in [3.63, 3.8) is 0 Å². The predicted molar refractivity (Wildman–Crippen MR) is 92.8 cm³/mol. The number of pyridine rings is 1. The maximum absolute atomic E-state index is 12.2. The summed E-state index contributed by atoms with van der Waals surface area (Å²) in [6.07, 6.45) is 4.63. The Morgan fingerprint density at radius 2 is 2.28 bits per heavy atom. The highest BCUT2D eigenvalue weighted by atomic mass is 32.2. The fourth-order valence-electron chi connectivity index (χ4n) is 2.90. The highest BCUT2D eigenvalue weighted by Crippen LogP contribution is 2.12. The summed E-state index contributed by atoms with van der Waals surface area (Å²) in [5.74, 6) is -0.150. The third-order valence-corrected chi connectivity index (χ3v) is 5.52. The smallest absolute Gasteiger partial charge is 0.226 e. The molecule has 0 unspecified atom stereocenters. The van der Waals surface area contributed by atoms with Crippen molar-refractivity contribution in [1.29, 1.82) is 0 Å². The number of hydrogen-bond donors (Lipinski definition) is 1. The Labute approximate surface area is 146 Å². The van der Waals surface area contributed by atoms with E-state index in [1.165, 1.54) is 10.6 Å². The second-order valence-corrected chi connectivity index (χ2v) is 8.21. The Balaban J connectivity index is 1.57. The van der Waals surface area contributed by atoms with Crippen LogP contribution in [0.2, 0.25) is 0 Å². The lowest BCUT2D eigenvalue weighted by atomic mass is 10.2. The van der Waals surface area contributed by atoms with E-state index >= 15 is 0 Å². The molecular weight excluding hydrogens is 344 g/mol. The van der Waals surface area contributed by atoms with Crippen molar-refractivity contribution in [2.45, 2.75) is 19.4 Å². The molecule has 1 amide bonds. The van der Waals surface area contributed by atoms with Gasteiger partial charge in [-0.25, -0.2) is 13.4 Å². The first-order chi connectivity index (χ1) is 11.8. The fourth-order valence-corrected chi connectivity index (χ4v) is 3.75. The summed E-state index contributed by atoms with van der Waals surface area (Å²) in [5.41, 5.74) is 2.69. The number of hydrogen-bond acceptors (Lipinski definition) is 5. The molecule has 3 rings (SSSR count). The molecule has 1 saturated heterocycles. The summed E-state index contributed by atoms with van der Waals surface area (Å²) in [6, 6.07) is 3.89. The molecule has 1 N–H and O–H groups in total. The van der Waals surface area contributed by atoms with Gasteiger partial charge >= 0.3 is 0 Å². The Morgan fingerprint density at radius 3 is 3.04 bits per heavy atom. The number of amides is 1. The zero-order valence-corrected chi connectivity index (χ0v) is 15.1. The SMILES string of the molecule is Cc1cccn2c(CC(=O)NC[C@H]3CN(S(C)(=O)=O)CCO3)cnc12. The van der Waals surface area contributed by atoms with Gasteiger partial charge in [0.2, 0.25) is 15.9 Å². The fraction of sp³-hybridized carbons (Fsp3) is 0.500. The molecule has 1 aliphatic heterocycles. The van der Waals surface area contributed by atoms with Crippen molar-refractivity contribution in [2.24, 2.45) is 0 Å². The monoisotopic (exact) mass is 366 g/mol. The number of nitrogens with one attached hydrogen (secondary N) is 1. The molecule has 0 bridgehead atoms. The largest absolute Gasteiger partial charge is 0.374 e. The van der Waals surface area contributed by atoms with Gasteiger partial charge in [-0.2, -0.15) is 4.31 Å². The minimum Gasteiger partial charge on any atom is -0.374 e. The highest BCUT2D eigenvalue weighted by Gasteiger charge is 2.26. The molecule has 9 heteroatoms. The Kier molecular flexibility index (Phi) is 5.07. The second-order valence-electron chi connectivity index (χ2n) is 6.23. The number of sulfonamides is 1. The molecule has 0 spiro atoms. The predicted octanol–water partition coefficient (Wildman–Crippen LogP) is -0.0382. The average Bonchev–Trinajstić information content (AvgIpc) is 2.97. The first-order valence-electron chi connectivity index (χ1n) is 8.09. The van der Waals surface area contributed by atoms with Crippen LogP contribution in [-0.4, -0.2) is 66.6 Å². The molecule has 1 fully saturated rings. The van der Waals surface area contributed by atoms with Crippen LogP contribution in [0, 0.1) is 6.92 Å². The number of ether oxygens (including phenoxy) is 1. The van der Waals surface area contributed by atoms with Crippen molar-refractivity contribution in [3.8, 4) is 0 Å². The van der Waals surface area contributed by atoms with E-state index in [2.05, 4.69) is 10.3 Å². The zero-order valence-electron chi connectivity index (χ0n) is 14.3. The number of morpholine rings is 1. The van der Waals surface area contributed by atoms with Crippen LogP contribution in [0.3, 0.4) is 0 Å². The molecule has 8 nitrogen and oxygen atoms in total. The van der Waals surface area contributed by atoms with Gasteiger partial charge in [-0.3, -0.25) is 4.79 Å². The summed E-state index contributed by atoms with van der Waals surface area (Å²) >= 11 is 0. The van der Waals surface area contributed by atoms with Gasteiger partial charge in [0.15, 0.2) is 0 Å². The number of aromatic nitrogens is 2. The normalized spacial score (nSPS) is 19.2. The van der Waals surface area contributed by atoms with Gasteiger partial charge in [-0.1, -0.05) is 6.07 Å². The van der Waals surface area contributed by atoms with E-state index in [4.69, 9.17) is 4.74 Å². The standard InChI is InChI=1S/C16H22N4O4S/c1-12-4-3-5-20-13(9-18-16(12)20)8-15(21)17-10-14-11-19(6-7-24-14)25(2,22)23/h3-5,9,14H,6-8,10-11H2,1-2H3,(H,17,21)/t14-/m0/s1. The summed E-state index contributed by atoms with van der Waals surface area (Å²) in [4.78, 5) is 16.6. The zero-order chi connectivity index (χ0) is 18.0. The van der Waals surface area contributed by atoms with Crippen LogP contribution in [0.25, 0.3) is 5.65 Å². The van der Waals surface area contributed by atoms with Gasteiger partial charge in [-0.05, 0) is 18.6 Å². The minimum atomic E-state index is -3.24. The third kappa shape index (κ3) is 4.17. The molecule has 2 aromatic heterocycles. The van der Waals surface area contributed by atoms with Crippen LogP contribution in [0.4, 0.5) is 0 Å². The van der Waals surface area contributed by atoms with Crippen LogP contribution >= 0.6 is 0 Å². The molecule has 0 aromatic carbocycles. The van der Waals surface area contributed by atoms with Crippen LogP contribution < -0.4 is 5.32 Å². The maximum Gasteiger partial charge on any atom is 0.226 e. The van der Waals surface area contributed by atoms with Gasteiger partial charge < -0.3 is 14.5 Å². The molecule has 136 valence electrons. The maximum atomic E-state index is 12.2. The third-order valence-electron chi connectivity index (χ3n) is 4.25. The summed E-state index contributed by atoms with van der Waals surface area (Å²) in [7, 11) is -3.24. The topological polar surface area (TPSA) is 93.0 Å². The first-order valence-corrected chi connectivity index (χ1v) is 9.94. The molecule has 1 aliphatic rings. The van der Waals surface area contributed by atoms with Crippen molar-refractivity contribution in [2.75, 3.05) is 32.5 Å². The van der Waals surface area contributed by atoms with E-state index in [0.717, 1.165) is 16.9 Å². The highest BCUT2D eigenvalue weighted by molar-refractivity contribution is 7.88. The van der Waals surface area contributed by atoms with Crippen molar-refractivity contribution in [3.05, 3.63) is 35.8 Å². The van der Waals surface area contributed by atoms with Gasteiger partial charge in [0.05, 0.1) is 31.1 Å². The number of imidazole rings is 1. The van der Waals surface area contributed by atoms with Gasteiger partial charge in [0.1, 0.15) is 5.65 Å². The summed E-state index contributed by atoms with van der Waals surface area (Å²) < 4.78 is 32.0. The number of fused-ring (bicyclic) bond motifs is 1. The quantitative estimate of drug-likeness (QED) is 0.802. The van der Waals surface area contributed by atoms with Crippen molar-refractivity contribution in [1.82, 2.24) is 19.0 Å². The number of nitrogens with zero attached hydrogens (tertiary/aromatic N) is 3. The van der Waals surface area contributed by atoms with Crippen molar-refractivity contribution < 1.29 is 17.9 Å². The van der Waals surface area contributed by atoms with E-state index in [1.54, 1.807) is 6.20 Å². The number of carbonyl (C=O) groups excluding carboxylic acids is 1. The number of carbonyl (C=O) groups is 1. The first kappa shape index (κ1) is 17.8. The number of aryl methyl sites for hydroxylation is 1. The lowest BCUT2D eigenvalue weighted by Crippen LogP contribution is -2.49. The summed E-state index contributed by atoms with van der Waals surface area (Å²) in [6.45, 7) is 3.19. The van der Waals surface area contributed by atoms with E-state index in [9.17, 15) is 13.2 Å². The van der Waals surface area contributed by atoms with Crippen LogP contribution in [0.5, 0.6) is 0 Å². The Hall–Kier alpha value is -1.97. The molecule has 0 radical (unpaired) electrons. The minimum absolute atomic E-state index is 0.150. The van der Waals surface area contributed by atoms with Crippen LogP contribution in [-0.2, 0) is 26.0 Å². The van der Waals surface area contributed by atoms with E-state index in [0.29, 0.717) is 13.2 Å². The van der Waals surface area contributed by atoms with Crippen LogP contribution in [0.15, 0.2) is 24.5 Å². The van der Waals surface area contributed by atoms with Gasteiger partial charge in [0.25, 0.3) is 0 Å². The van der Waals surface area contributed by atoms with E-state index in [-0.39, 0.29) is 31.5 Å². The molecule has 25 heavy (non-hydrogen) atoms. The van der Waals surface area contributed by atoms with E-state index in [1.807, 2.05) is 29.7 Å². The molecule has 0 saturated carbocycles. The van der Waals surface area contributed by atoms with Crippen molar-refractivity contribution >= 4 is 21.6 Å². The number of rotatable bonds is 5. The molecule has 2 aromatic rings. The van der Waals surface area contributed by atoms with Gasteiger partial charge in [0, 0.05) is 32.0 Å². The second kappa shape index (κ2) is 7.11. The molecule has 0 aliphatic carbocycles. The average molecular weight is 366 g/mol. The Morgan fingerprint density at radius 1 is 1.48 bits per heavy atom. The molecule has 3 heterocycles. The van der Waals surface area contributed by atoms with Crippen LogP contribution in [0.1, 0.15) is 11.3 Å². The molecule has 1 atom stereocenters. The van der Waals surface area contributed by atoms with Gasteiger partial charge in [-0.15, -0.1) is 0 Å². The summed E-state index contributed by atoms with van der Waals surface area (Å²) in [5, 5.41) is 2.82. The lowest BCUT2D eigenvalue weighted by molar-refractivity contribution is -0.121. The Bertz CT molecular complexity index is 877. The van der Waals surface area contributed by atoms with E-state index < -0.39 is 10.0 Å². The molecular formula is C16H22N4O4S.